The van der Waals surface area contributed by atoms with Crippen LogP contribution in [-0.2, 0) is 11.2 Å². The predicted octanol–water partition coefficient (Wildman–Crippen LogP) is 3.94. The monoisotopic (exact) mass is 397 g/mol. The SMILES string of the molecule is CCCc1cc(C(=O)Nc2nc(-c3ccc(C(C)NC(C)=O)cc3)cs2)n[nH]1. The third kappa shape index (κ3) is 4.83. The molecule has 2 amide bonds. The molecule has 0 aliphatic carbocycles. The van der Waals surface area contributed by atoms with Crippen molar-refractivity contribution < 1.29 is 9.59 Å². The summed E-state index contributed by atoms with van der Waals surface area (Å²) in [6.07, 6.45) is 1.85. The van der Waals surface area contributed by atoms with Crippen LogP contribution in [0.15, 0.2) is 35.7 Å². The van der Waals surface area contributed by atoms with Crippen molar-refractivity contribution in [3.8, 4) is 11.3 Å². The summed E-state index contributed by atoms with van der Waals surface area (Å²) in [6.45, 7) is 5.52. The van der Waals surface area contributed by atoms with Gasteiger partial charge < -0.3 is 5.32 Å². The van der Waals surface area contributed by atoms with Crippen LogP contribution in [0.5, 0.6) is 0 Å². The lowest BCUT2D eigenvalue weighted by Crippen LogP contribution is -2.23. The third-order valence-electron chi connectivity index (χ3n) is 4.23. The Bertz CT molecular complexity index is 961. The molecular formula is C20H23N5O2S. The van der Waals surface area contributed by atoms with E-state index in [0.29, 0.717) is 10.8 Å². The fourth-order valence-corrected chi connectivity index (χ4v) is 3.55. The van der Waals surface area contributed by atoms with Gasteiger partial charge in [0.25, 0.3) is 5.91 Å². The Morgan fingerprint density at radius 2 is 2.00 bits per heavy atom. The maximum absolute atomic E-state index is 12.3. The number of aryl methyl sites for hydroxylation is 1. The zero-order chi connectivity index (χ0) is 20.1. The number of thiazole rings is 1. The third-order valence-corrected chi connectivity index (χ3v) is 4.99. The van der Waals surface area contributed by atoms with Crippen LogP contribution >= 0.6 is 11.3 Å². The number of aromatic nitrogens is 3. The molecule has 3 rings (SSSR count). The van der Waals surface area contributed by atoms with Gasteiger partial charge in [-0.15, -0.1) is 11.3 Å². The number of carbonyl (C=O) groups excluding carboxylic acids is 2. The minimum absolute atomic E-state index is 0.0525. The summed E-state index contributed by atoms with van der Waals surface area (Å²) in [5.41, 5.74) is 4.05. The van der Waals surface area contributed by atoms with Crippen LogP contribution in [0.3, 0.4) is 0 Å². The highest BCUT2D eigenvalue weighted by molar-refractivity contribution is 7.14. The van der Waals surface area contributed by atoms with E-state index in [0.717, 1.165) is 35.4 Å². The smallest absolute Gasteiger partial charge is 0.277 e. The van der Waals surface area contributed by atoms with Crippen molar-refractivity contribution in [1.82, 2.24) is 20.5 Å². The molecule has 3 N–H and O–H groups in total. The van der Waals surface area contributed by atoms with E-state index in [1.165, 1.54) is 18.3 Å². The number of H-pyrrole nitrogens is 1. The number of hydrogen-bond acceptors (Lipinski definition) is 5. The van der Waals surface area contributed by atoms with Crippen molar-refractivity contribution >= 4 is 28.3 Å². The molecule has 0 spiro atoms. The Morgan fingerprint density at radius 1 is 1.25 bits per heavy atom. The van der Waals surface area contributed by atoms with Crippen LogP contribution in [0.1, 0.15) is 55.0 Å². The molecule has 0 aliphatic rings. The van der Waals surface area contributed by atoms with Crippen molar-refractivity contribution in [3.63, 3.8) is 0 Å². The topological polar surface area (TPSA) is 99.8 Å². The van der Waals surface area contributed by atoms with Gasteiger partial charge in [0.1, 0.15) is 0 Å². The Labute approximate surface area is 167 Å². The first-order valence-corrected chi connectivity index (χ1v) is 10.0. The van der Waals surface area contributed by atoms with Gasteiger partial charge in [0.2, 0.25) is 5.91 Å². The quantitative estimate of drug-likeness (QED) is 0.562. The zero-order valence-corrected chi connectivity index (χ0v) is 16.9. The molecule has 3 aromatic rings. The largest absolute Gasteiger partial charge is 0.350 e. The molecule has 1 atom stereocenters. The number of anilines is 1. The van der Waals surface area contributed by atoms with Crippen LogP contribution in [0.2, 0.25) is 0 Å². The molecule has 0 bridgehead atoms. The van der Waals surface area contributed by atoms with Gasteiger partial charge in [0.15, 0.2) is 10.8 Å². The average molecular weight is 398 g/mol. The maximum Gasteiger partial charge on any atom is 0.277 e. The number of amides is 2. The van der Waals surface area contributed by atoms with Crippen LogP contribution in [0.4, 0.5) is 5.13 Å². The van der Waals surface area contributed by atoms with E-state index in [-0.39, 0.29) is 17.9 Å². The number of nitrogens with one attached hydrogen (secondary N) is 3. The molecule has 2 aromatic heterocycles. The van der Waals surface area contributed by atoms with Gasteiger partial charge in [-0.2, -0.15) is 5.10 Å². The molecule has 0 radical (unpaired) electrons. The average Bonchev–Trinajstić information content (AvgIpc) is 3.31. The summed E-state index contributed by atoms with van der Waals surface area (Å²) in [4.78, 5) is 28.0. The van der Waals surface area contributed by atoms with Gasteiger partial charge in [-0.05, 0) is 25.0 Å². The van der Waals surface area contributed by atoms with Gasteiger partial charge in [-0.3, -0.25) is 20.0 Å². The molecule has 0 fully saturated rings. The fraction of sp³-hybridized carbons (Fsp3) is 0.300. The zero-order valence-electron chi connectivity index (χ0n) is 16.1. The Hall–Kier alpha value is -3.00. The number of nitrogens with zero attached hydrogens (tertiary/aromatic N) is 2. The number of aromatic amines is 1. The standard InChI is InChI=1S/C20H23N5O2S/c1-4-5-16-10-17(25-24-16)19(27)23-20-22-18(11-28-20)15-8-6-14(7-9-15)12(2)21-13(3)26/h6-12H,4-5H2,1-3H3,(H,21,26)(H,24,25)(H,22,23,27). The Kier molecular flexibility index (Phi) is 6.20. The van der Waals surface area contributed by atoms with Gasteiger partial charge in [-0.25, -0.2) is 4.98 Å². The van der Waals surface area contributed by atoms with Gasteiger partial charge in [0.05, 0.1) is 11.7 Å². The Balaban J connectivity index is 1.66. The molecule has 0 saturated heterocycles. The van der Waals surface area contributed by atoms with Gasteiger partial charge in [0, 0.05) is 23.6 Å². The highest BCUT2D eigenvalue weighted by Gasteiger charge is 2.13. The minimum atomic E-state index is -0.279. The second-order valence-corrected chi connectivity index (χ2v) is 7.42. The normalized spacial score (nSPS) is 11.8. The summed E-state index contributed by atoms with van der Waals surface area (Å²) in [6, 6.07) is 9.56. The van der Waals surface area contributed by atoms with E-state index in [1.54, 1.807) is 6.07 Å². The lowest BCUT2D eigenvalue weighted by atomic mass is 10.1. The van der Waals surface area contributed by atoms with Gasteiger partial charge in [-0.1, -0.05) is 37.6 Å². The minimum Gasteiger partial charge on any atom is -0.350 e. The van der Waals surface area contributed by atoms with Crippen LogP contribution < -0.4 is 10.6 Å². The van der Waals surface area contributed by atoms with E-state index in [1.807, 2.05) is 36.6 Å². The van der Waals surface area contributed by atoms with Crippen molar-refractivity contribution in [2.24, 2.45) is 0 Å². The summed E-state index contributed by atoms with van der Waals surface area (Å²) < 4.78 is 0. The second kappa shape index (κ2) is 8.79. The predicted molar refractivity (Wildman–Crippen MR) is 110 cm³/mol. The summed E-state index contributed by atoms with van der Waals surface area (Å²) in [7, 11) is 0. The number of hydrogen-bond donors (Lipinski definition) is 3. The number of carbonyl (C=O) groups is 2. The van der Waals surface area contributed by atoms with E-state index < -0.39 is 0 Å². The highest BCUT2D eigenvalue weighted by Crippen LogP contribution is 2.26. The van der Waals surface area contributed by atoms with Gasteiger partial charge >= 0.3 is 0 Å². The molecule has 28 heavy (non-hydrogen) atoms. The van der Waals surface area contributed by atoms with E-state index in [9.17, 15) is 9.59 Å². The summed E-state index contributed by atoms with van der Waals surface area (Å²) in [5, 5.41) is 15.0. The van der Waals surface area contributed by atoms with Crippen molar-refractivity contribution in [3.05, 3.63) is 52.7 Å². The molecule has 1 aromatic carbocycles. The van der Waals surface area contributed by atoms with Crippen LogP contribution in [0, 0.1) is 0 Å². The van der Waals surface area contributed by atoms with Crippen molar-refractivity contribution in [2.75, 3.05) is 5.32 Å². The first-order valence-electron chi connectivity index (χ1n) is 9.15. The lowest BCUT2D eigenvalue weighted by Gasteiger charge is -2.12. The maximum atomic E-state index is 12.3. The van der Waals surface area contributed by atoms with Crippen LogP contribution in [-0.4, -0.2) is 27.0 Å². The fourth-order valence-electron chi connectivity index (χ4n) is 2.83. The van der Waals surface area contributed by atoms with E-state index in [2.05, 4.69) is 32.7 Å². The number of rotatable bonds is 7. The molecule has 0 aliphatic heterocycles. The summed E-state index contributed by atoms with van der Waals surface area (Å²) in [5.74, 6) is -0.339. The molecule has 146 valence electrons. The molecule has 2 heterocycles. The molecule has 1 unspecified atom stereocenters. The molecular weight excluding hydrogens is 374 g/mol. The van der Waals surface area contributed by atoms with Crippen LogP contribution in [0.25, 0.3) is 11.3 Å². The van der Waals surface area contributed by atoms with E-state index in [4.69, 9.17) is 0 Å². The van der Waals surface area contributed by atoms with Crippen molar-refractivity contribution in [2.45, 2.75) is 39.7 Å². The first kappa shape index (κ1) is 19.8. The van der Waals surface area contributed by atoms with Crippen molar-refractivity contribution in [1.29, 1.82) is 0 Å². The molecule has 0 saturated carbocycles. The molecule has 8 heteroatoms. The molecule has 7 nitrogen and oxygen atoms in total. The first-order chi connectivity index (χ1) is 13.5. The summed E-state index contributed by atoms with van der Waals surface area (Å²) >= 11 is 1.37. The Morgan fingerprint density at radius 3 is 2.68 bits per heavy atom. The number of benzene rings is 1. The van der Waals surface area contributed by atoms with E-state index >= 15 is 0 Å². The second-order valence-electron chi connectivity index (χ2n) is 6.56. The lowest BCUT2D eigenvalue weighted by molar-refractivity contribution is -0.119. The highest BCUT2D eigenvalue weighted by atomic mass is 32.1.